The summed E-state index contributed by atoms with van der Waals surface area (Å²) >= 11 is 6.08. The number of nitrogens with zero attached hydrogens (tertiary/aromatic N) is 2. The van der Waals surface area contributed by atoms with Crippen LogP contribution in [0.25, 0.3) is 16.9 Å². The van der Waals surface area contributed by atoms with Crippen molar-refractivity contribution in [3.63, 3.8) is 0 Å². The number of epoxide rings is 1. The minimum atomic E-state index is 0.161. The lowest BCUT2D eigenvalue weighted by Crippen LogP contribution is -2.03. The molecular weight excluding hydrogens is 336 g/mol. The molecule has 126 valence electrons. The van der Waals surface area contributed by atoms with Crippen molar-refractivity contribution < 1.29 is 9.47 Å². The van der Waals surface area contributed by atoms with Gasteiger partial charge in [-0.25, -0.2) is 4.68 Å². The van der Waals surface area contributed by atoms with E-state index in [0.717, 1.165) is 46.3 Å². The van der Waals surface area contributed by atoms with E-state index in [2.05, 4.69) is 12.1 Å². The molecule has 1 fully saturated rings. The number of aromatic nitrogens is 2. The summed E-state index contributed by atoms with van der Waals surface area (Å²) in [5.74, 6) is 0.833. The SMILES string of the molecule is COc1ccc(-n2nc3c(c2-c2ccc(Cl)cc2)CCC2OC32)cc1. The van der Waals surface area contributed by atoms with Crippen molar-refractivity contribution in [3.05, 3.63) is 64.8 Å². The zero-order valence-corrected chi connectivity index (χ0v) is 14.5. The Morgan fingerprint density at radius 2 is 1.88 bits per heavy atom. The normalized spacial score (nSPS) is 20.7. The molecule has 0 N–H and O–H groups in total. The van der Waals surface area contributed by atoms with E-state index in [1.165, 1.54) is 5.56 Å². The average molecular weight is 353 g/mol. The van der Waals surface area contributed by atoms with E-state index in [9.17, 15) is 0 Å². The van der Waals surface area contributed by atoms with Gasteiger partial charge in [0.1, 0.15) is 11.9 Å². The maximum absolute atomic E-state index is 6.08. The summed E-state index contributed by atoms with van der Waals surface area (Å²) in [7, 11) is 1.67. The highest BCUT2D eigenvalue weighted by molar-refractivity contribution is 6.30. The molecule has 2 atom stereocenters. The first kappa shape index (κ1) is 15.0. The third kappa shape index (κ3) is 2.44. The first-order valence-corrected chi connectivity index (χ1v) is 8.80. The van der Waals surface area contributed by atoms with Crippen molar-refractivity contribution in [2.75, 3.05) is 7.11 Å². The number of methoxy groups -OCH3 is 1. The van der Waals surface area contributed by atoms with E-state index in [0.29, 0.717) is 6.10 Å². The van der Waals surface area contributed by atoms with Crippen LogP contribution in [0.15, 0.2) is 48.5 Å². The molecule has 5 heteroatoms. The van der Waals surface area contributed by atoms with Crippen molar-refractivity contribution in [1.29, 1.82) is 0 Å². The highest BCUT2D eigenvalue weighted by Gasteiger charge is 2.47. The van der Waals surface area contributed by atoms with Gasteiger partial charge in [-0.05, 0) is 49.2 Å². The van der Waals surface area contributed by atoms with E-state index < -0.39 is 0 Å². The predicted molar refractivity (Wildman–Crippen MR) is 96.5 cm³/mol. The van der Waals surface area contributed by atoms with Gasteiger partial charge in [0.25, 0.3) is 0 Å². The van der Waals surface area contributed by atoms with Crippen molar-refractivity contribution in [2.24, 2.45) is 0 Å². The molecule has 25 heavy (non-hydrogen) atoms. The van der Waals surface area contributed by atoms with Crippen LogP contribution in [-0.2, 0) is 11.2 Å². The van der Waals surface area contributed by atoms with Gasteiger partial charge in [-0.1, -0.05) is 23.7 Å². The summed E-state index contributed by atoms with van der Waals surface area (Å²) in [5.41, 5.74) is 5.63. The Kier molecular flexibility index (Phi) is 3.37. The van der Waals surface area contributed by atoms with E-state index in [1.54, 1.807) is 7.11 Å². The third-order valence-corrected chi connectivity index (χ3v) is 5.23. The quantitative estimate of drug-likeness (QED) is 0.647. The minimum absolute atomic E-state index is 0.161. The van der Waals surface area contributed by atoms with Crippen LogP contribution in [0.1, 0.15) is 23.8 Å². The fourth-order valence-corrected chi connectivity index (χ4v) is 3.77. The molecule has 0 spiro atoms. The Bertz CT molecular complexity index is 932. The molecular formula is C20H17ClN2O2. The van der Waals surface area contributed by atoms with Crippen LogP contribution in [0.4, 0.5) is 0 Å². The summed E-state index contributed by atoms with van der Waals surface area (Å²) in [4.78, 5) is 0. The molecule has 1 aromatic heterocycles. The van der Waals surface area contributed by atoms with Crippen LogP contribution >= 0.6 is 11.6 Å². The standard InChI is InChI=1S/C20H17ClN2O2/c1-24-15-8-6-14(7-9-15)23-19(12-2-4-13(21)5-3-12)16-10-11-17-20(25-17)18(16)22-23/h2-9,17,20H,10-11H2,1H3. The van der Waals surface area contributed by atoms with Crippen LogP contribution in [-0.4, -0.2) is 23.0 Å². The Morgan fingerprint density at radius 3 is 2.60 bits per heavy atom. The smallest absolute Gasteiger partial charge is 0.128 e. The number of hydrogen-bond donors (Lipinski definition) is 0. The summed E-state index contributed by atoms with van der Waals surface area (Å²) in [6, 6.07) is 15.9. The topological polar surface area (TPSA) is 39.6 Å². The highest BCUT2D eigenvalue weighted by atomic mass is 35.5. The number of hydrogen-bond acceptors (Lipinski definition) is 3. The second-order valence-electron chi connectivity index (χ2n) is 6.46. The number of halogens is 1. The Labute approximate surface area is 150 Å². The van der Waals surface area contributed by atoms with Gasteiger partial charge in [0, 0.05) is 16.1 Å². The van der Waals surface area contributed by atoms with Gasteiger partial charge in [0.15, 0.2) is 0 Å². The number of rotatable bonds is 3. The molecule has 2 heterocycles. The molecule has 0 radical (unpaired) electrons. The van der Waals surface area contributed by atoms with E-state index in [-0.39, 0.29) is 6.10 Å². The van der Waals surface area contributed by atoms with Gasteiger partial charge < -0.3 is 9.47 Å². The molecule has 1 aliphatic carbocycles. The van der Waals surface area contributed by atoms with Crippen molar-refractivity contribution in [2.45, 2.75) is 25.0 Å². The second kappa shape index (κ2) is 5.61. The lowest BCUT2D eigenvalue weighted by atomic mass is 9.93. The summed E-state index contributed by atoms with van der Waals surface area (Å²) in [5, 5.41) is 5.65. The molecule has 1 saturated heterocycles. The van der Waals surface area contributed by atoms with Crippen molar-refractivity contribution >= 4 is 11.6 Å². The average Bonchev–Trinajstić information content (AvgIpc) is 3.35. The molecule has 5 rings (SSSR count). The number of ether oxygens (including phenoxy) is 2. The highest BCUT2D eigenvalue weighted by Crippen LogP contribution is 2.49. The molecule has 2 aliphatic rings. The Morgan fingerprint density at radius 1 is 1.12 bits per heavy atom. The molecule has 0 saturated carbocycles. The van der Waals surface area contributed by atoms with Gasteiger partial charge in [0.2, 0.25) is 0 Å². The second-order valence-corrected chi connectivity index (χ2v) is 6.90. The van der Waals surface area contributed by atoms with Gasteiger partial charge in [-0.15, -0.1) is 0 Å². The Balaban J connectivity index is 1.70. The molecule has 0 bridgehead atoms. The first-order valence-electron chi connectivity index (χ1n) is 8.42. The molecule has 4 nitrogen and oxygen atoms in total. The predicted octanol–water partition coefficient (Wildman–Crippen LogP) is 4.59. The molecule has 3 aromatic rings. The van der Waals surface area contributed by atoms with Crippen LogP contribution in [0.3, 0.4) is 0 Å². The van der Waals surface area contributed by atoms with Gasteiger partial charge in [0.05, 0.1) is 30.3 Å². The van der Waals surface area contributed by atoms with Gasteiger partial charge >= 0.3 is 0 Å². The minimum Gasteiger partial charge on any atom is -0.497 e. The van der Waals surface area contributed by atoms with Crippen LogP contribution in [0.2, 0.25) is 5.02 Å². The molecule has 2 unspecified atom stereocenters. The fourth-order valence-electron chi connectivity index (χ4n) is 3.65. The van der Waals surface area contributed by atoms with E-state index in [1.807, 2.05) is 41.1 Å². The molecule has 0 amide bonds. The fraction of sp³-hybridized carbons (Fsp3) is 0.250. The summed E-state index contributed by atoms with van der Waals surface area (Å²) < 4.78 is 13.1. The van der Waals surface area contributed by atoms with Crippen molar-refractivity contribution in [3.8, 4) is 22.7 Å². The zero-order chi connectivity index (χ0) is 17.0. The van der Waals surface area contributed by atoms with Crippen LogP contribution in [0.5, 0.6) is 5.75 Å². The van der Waals surface area contributed by atoms with Crippen LogP contribution in [0, 0.1) is 0 Å². The molecule has 1 aliphatic heterocycles. The van der Waals surface area contributed by atoms with E-state index in [4.69, 9.17) is 26.2 Å². The summed E-state index contributed by atoms with van der Waals surface area (Å²) in [6.07, 6.45) is 2.57. The third-order valence-electron chi connectivity index (χ3n) is 4.98. The van der Waals surface area contributed by atoms with Gasteiger partial charge in [-0.3, -0.25) is 0 Å². The Hall–Kier alpha value is -2.30. The van der Waals surface area contributed by atoms with E-state index >= 15 is 0 Å². The lowest BCUT2D eigenvalue weighted by molar-refractivity contribution is 0.370. The number of fused-ring (bicyclic) bond motifs is 3. The maximum Gasteiger partial charge on any atom is 0.128 e. The van der Waals surface area contributed by atoms with Crippen molar-refractivity contribution in [1.82, 2.24) is 9.78 Å². The monoisotopic (exact) mass is 352 g/mol. The first-order chi connectivity index (χ1) is 12.2. The zero-order valence-electron chi connectivity index (χ0n) is 13.8. The van der Waals surface area contributed by atoms with Crippen LogP contribution < -0.4 is 4.74 Å². The van der Waals surface area contributed by atoms with Gasteiger partial charge in [-0.2, -0.15) is 5.10 Å². The lowest BCUT2D eigenvalue weighted by Gasteiger charge is -2.12. The number of benzene rings is 2. The summed E-state index contributed by atoms with van der Waals surface area (Å²) in [6.45, 7) is 0. The molecule has 2 aromatic carbocycles. The maximum atomic E-state index is 6.08. The largest absolute Gasteiger partial charge is 0.497 e.